The van der Waals surface area contributed by atoms with Crippen molar-refractivity contribution in [2.45, 2.75) is 19.8 Å². The number of fused-ring (bicyclic) bond motifs is 1. The normalized spacial score (nSPS) is 15.0. The molecule has 1 aromatic rings. The number of hydrogen-bond donors (Lipinski definition) is 0. The summed E-state index contributed by atoms with van der Waals surface area (Å²) in [7, 11) is 2.10. The molecule has 80 valence electrons. The molecular weight excluding hydrogens is 254 g/mol. The number of halogens is 1. The van der Waals surface area contributed by atoms with Crippen LogP contribution in [-0.4, -0.2) is 19.4 Å². The summed E-state index contributed by atoms with van der Waals surface area (Å²) in [6.07, 6.45) is 2.25. The van der Waals surface area contributed by atoms with Crippen LogP contribution in [0.5, 0.6) is 0 Å². The number of ketones is 1. The van der Waals surface area contributed by atoms with Gasteiger partial charge in [0.15, 0.2) is 5.78 Å². The Kier molecular flexibility index (Phi) is 2.83. The highest BCUT2D eigenvalue weighted by Gasteiger charge is 2.17. The Morgan fingerprint density at radius 2 is 2.20 bits per heavy atom. The van der Waals surface area contributed by atoms with Crippen LogP contribution in [0.15, 0.2) is 16.6 Å². The van der Waals surface area contributed by atoms with Gasteiger partial charge in [0.05, 0.1) is 0 Å². The maximum atomic E-state index is 11.4. The van der Waals surface area contributed by atoms with Gasteiger partial charge >= 0.3 is 0 Å². The molecule has 0 fully saturated rings. The zero-order valence-corrected chi connectivity index (χ0v) is 10.6. The molecule has 1 aliphatic heterocycles. The Labute approximate surface area is 98.4 Å². The first kappa shape index (κ1) is 10.7. The van der Waals surface area contributed by atoms with Crippen LogP contribution in [0.3, 0.4) is 0 Å². The summed E-state index contributed by atoms with van der Waals surface area (Å²) in [6.45, 7) is 2.71. The Balaban J connectivity index is 2.54. The van der Waals surface area contributed by atoms with Gasteiger partial charge in [-0.25, -0.2) is 0 Å². The predicted octanol–water partition coefficient (Wildman–Crippen LogP) is 3.03. The SMILES string of the molecule is CC(=O)c1cc2c(cc1Br)N(C)CCC2. The minimum Gasteiger partial charge on any atom is -0.374 e. The molecule has 1 aromatic carbocycles. The number of Topliss-reactive ketones (excluding diaryl/α,β-unsaturated/α-hetero) is 1. The van der Waals surface area contributed by atoms with Gasteiger partial charge in [0.1, 0.15) is 0 Å². The van der Waals surface area contributed by atoms with Crippen molar-refractivity contribution >= 4 is 27.4 Å². The molecule has 1 aliphatic rings. The Morgan fingerprint density at radius 1 is 1.47 bits per heavy atom. The number of hydrogen-bond acceptors (Lipinski definition) is 2. The lowest BCUT2D eigenvalue weighted by Crippen LogP contribution is -2.24. The minimum absolute atomic E-state index is 0.123. The Hall–Kier alpha value is -0.830. The molecule has 0 saturated carbocycles. The van der Waals surface area contributed by atoms with E-state index in [9.17, 15) is 4.79 Å². The first-order chi connectivity index (χ1) is 7.09. The first-order valence-corrected chi connectivity index (χ1v) is 5.93. The van der Waals surface area contributed by atoms with E-state index in [-0.39, 0.29) is 5.78 Å². The van der Waals surface area contributed by atoms with E-state index >= 15 is 0 Å². The lowest BCUT2D eigenvalue weighted by Gasteiger charge is -2.28. The van der Waals surface area contributed by atoms with Gasteiger partial charge in [-0.1, -0.05) is 0 Å². The molecule has 2 nitrogen and oxygen atoms in total. The fraction of sp³-hybridized carbons (Fsp3) is 0.417. The van der Waals surface area contributed by atoms with E-state index < -0.39 is 0 Å². The highest BCUT2D eigenvalue weighted by molar-refractivity contribution is 9.10. The summed E-state index contributed by atoms with van der Waals surface area (Å²) < 4.78 is 0.905. The largest absolute Gasteiger partial charge is 0.374 e. The van der Waals surface area contributed by atoms with E-state index in [0.717, 1.165) is 23.0 Å². The average molecular weight is 268 g/mol. The van der Waals surface area contributed by atoms with Crippen molar-refractivity contribution in [1.29, 1.82) is 0 Å². The predicted molar refractivity (Wildman–Crippen MR) is 65.7 cm³/mol. The number of anilines is 1. The fourth-order valence-electron chi connectivity index (χ4n) is 2.06. The van der Waals surface area contributed by atoms with Gasteiger partial charge in [-0.05, 0) is 53.4 Å². The smallest absolute Gasteiger partial charge is 0.160 e. The molecule has 0 atom stereocenters. The standard InChI is InChI=1S/C12H14BrNO/c1-8(15)10-6-9-4-3-5-14(2)12(9)7-11(10)13/h6-7H,3-5H2,1-2H3. The van der Waals surface area contributed by atoms with Crippen LogP contribution in [0, 0.1) is 0 Å². The molecule has 0 radical (unpaired) electrons. The van der Waals surface area contributed by atoms with E-state index in [0.29, 0.717) is 0 Å². The van der Waals surface area contributed by atoms with Crippen molar-refractivity contribution in [1.82, 2.24) is 0 Å². The van der Waals surface area contributed by atoms with Gasteiger partial charge in [0.25, 0.3) is 0 Å². The zero-order valence-electron chi connectivity index (χ0n) is 9.01. The van der Waals surface area contributed by atoms with Gasteiger partial charge in [-0.3, -0.25) is 4.79 Å². The van der Waals surface area contributed by atoms with Crippen molar-refractivity contribution in [2.75, 3.05) is 18.5 Å². The van der Waals surface area contributed by atoms with E-state index in [4.69, 9.17) is 0 Å². The topological polar surface area (TPSA) is 20.3 Å². The van der Waals surface area contributed by atoms with Crippen LogP contribution < -0.4 is 4.90 Å². The van der Waals surface area contributed by atoms with Crippen LogP contribution in [0.2, 0.25) is 0 Å². The van der Waals surface area contributed by atoms with Gasteiger partial charge in [0.2, 0.25) is 0 Å². The number of carbonyl (C=O) groups excluding carboxylic acids is 1. The third kappa shape index (κ3) is 1.93. The highest BCUT2D eigenvalue weighted by Crippen LogP contribution is 2.31. The second kappa shape index (κ2) is 3.97. The van der Waals surface area contributed by atoms with Crippen LogP contribution in [0.4, 0.5) is 5.69 Å². The van der Waals surface area contributed by atoms with Crippen LogP contribution in [0.25, 0.3) is 0 Å². The van der Waals surface area contributed by atoms with E-state index in [1.165, 1.54) is 17.7 Å². The third-order valence-corrected chi connectivity index (χ3v) is 3.55. The molecule has 0 saturated heterocycles. The van der Waals surface area contributed by atoms with Gasteiger partial charge in [0, 0.05) is 29.3 Å². The van der Waals surface area contributed by atoms with Crippen molar-refractivity contribution < 1.29 is 4.79 Å². The summed E-state index contributed by atoms with van der Waals surface area (Å²) in [5.74, 6) is 0.123. The number of benzene rings is 1. The maximum Gasteiger partial charge on any atom is 0.160 e. The van der Waals surface area contributed by atoms with Gasteiger partial charge in [-0.2, -0.15) is 0 Å². The lowest BCUT2D eigenvalue weighted by atomic mass is 9.98. The van der Waals surface area contributed by atoms with Crippen molar-refractivity contribution in [3.63, 3.8) is 0 Å². The van der Waals surface area contributed by atoms with Crippen LogP contribution in [0.1, 0.15) is 29.3 Å². The van der Waals surface area contributed by atoms with Gasteiger partial charge < -0.3 is 4.90 Å². The molecule has 15 heavy (non-hydrogen) atoms. The second-order valence-electron chi connectivity index (χ2n) is 4.04. The molecule has 0 aromatic heterocycles. The zero-order chi connectivity index (χ0) is 11.0. The molecular formula is C12H14BrNO. The van der Waals surface area contributed by atoms with Crippen molar-refractivity contribution in [3.8, 4) is 0 Å². The quantitative estimate of drug-likeness (QED) is 0.730. The molecule has 0 N–H and O–H groups in total. The average Bonchev–Trinajstić information content (AvgIpc) is 2.18. The van der Waals surface area contributed by atoms with Gasteiger partial charge in [-0.15, -0.1) is 0 Å². The minimum atomic E-state index is 0.123. The van der Waals surface area contributed by atoms with Crippen molar-refractivity contribution in [2.24, 2.45) is 0 Å². The molecule has 0 unspecified atom stereocenters. The molecule has 0 aliphatic carbocycles. The van der Waals surface area contributed by atoms with Crippen LogP contribution >= 0.6 is 15.9 Å². The monoisotopic (exact) mass is 267 g/mol. The third-order valence-electron chi connectivity index (χ3n) is 2.90. The number of aryl methyl sites for hydroxylation is 1. The molecule has 3 heteroatoms. The van der Waals surface area contributed by atoms with E-state index in [2.05, 4.69) is 33.9 Å². The van der Waals surface area contributed by atoms with E-state index in [1.54, 1.807) is 6.92 Å². The summed E-state index contributed by atoms with van der Waals surface area (Å²) in [5, 5.41) is 0. The van der Waals surface area contributed by atoms with Crippen LogP contribution in [-0.2, 0) is 6.42 Å². The second-order valence-corrected chi connectivity index (χ2v) is 4.90. The first-order valence-electron chi connectivity index (χ1n) is 5.14. The van der Waals surface area contributed by atoms with Crippen molar-refractivity contribution in [3.05, 3.63) is 27.7 Å². The lowest BCUT2D eigenvalue weighted by molar-refractivity contribution is 0.101. The molecule has 0 amide bonds. The highest BCUT2D eigenvalue weighted by atomic mass is 79.9. The fourth-order valence-corrected chi connectivity index (χ4v) is 2.67. The number of carbonyl (C=O) groups is 1. The summed E-state index contributed by atoms with van der Waals surface area (Å²) >= 11 is 3.46. The number of rotatable bonds is 1. The molecule has 0 spiro atoms. The summed E-state index contributed by atoms with van der Waals surface area (Å²) in [4.78, 5) is 13.6. The number of nitrogens with zero attached hydrogens (tertiary/aromatic N) is 1. The maximum absolute atomic E-state index is 11.4. The van der Waals surface area contributed by atoms with E-state index in [1.807, 2.05) is 6.07 Å². The molecule has 2 rings (SSSR count). The summed E-state index contributed by atoms with van der Waals surface area (Å²) in [6, 6.07) is 4.09. The Morgan fingerprint density at radius 3 is 2.87 bits per heavy atom. The molecule has 1 heterocycles. The Bertz CT molecular complexity index is 414. The molecule has 0 bridgehead atoms. The summed E-state index contributed by atoms with van der Waals surface area (Å²) in [5.41, 5.74) is 3.33.